The highest BCUT2D eigenvalue weighted by Crippen LogP contribution is 2.11. The van der Waals surface area contributed by atoms with Crippen LogP contribution in [-0.2, 0) is 11.2 Å². The van der Waals surface area contributed by atoms with Crippen LogP contribution in [0.3, 0.4) is 0 Å². The number of hydrogen-bond acceptors (Lipinski definition) is 3. The summed E-state index contributed by atoms with van der Waals surface area (Å²) in [5.41, 5.74) is 1.01. The average Bonchev–Trinajstić information content (AvgIpc) is 2.55. The largest absolute Gasteiger partial charge is 0.480 e. The monoisotopic (exact) mass is 347 g/mol. The second-order valence-corrected chi connectivity index (χ2v) is 5.51. The normalized spacial score (nSPS) is 11.5. The third-order valence-electron chi connectivity index (χ3n) is 3.35. The fourth-order valence-corrected chi connectivity index (χ4v) is 2.19. The lowest BCUT2D eigenvalue weighted by Gasteiger charge is -2.15. The molecule has 0 aliphatic rings. The minimum absolute atomic E-state index is 0.0363. The SMILES string of the molecule is O=C(O)c1ccc(C[C@H](NC(=O)c2ccc(Cl)cc2)C(=O)O)cc1. The summed E-state index contributed by atoms with van der Waals surface area (Å²) in [6.07, 6.45) is 0.0363. The molecule has 3 N–H and O–H groups in total. The van der Waals surface area contributed by atoms with Crippen molar-refractivity contribution >= 4 is 29.4 Å². The maximum atomic E-state index is 12.1. The van der Waals surface area contributed by atoms with E-state index in [1.54, 1.807) is 0 Å². The molecule has 1 atom stereocenters. The summed E-state index contributed by atoms with van der Waals surface area (Å²) in [4.78, 5) is 34.3. The number of aromatic carboxylic acids is 1. The van der Waals surface area contributed by atoms with Crippen molar-refractivity contribution in [3.63, 3.8) is 0 Å². The predicted molar refractivity (Wildman–Crippen MR) is 87.4 cm³/mol. The first-order chi connectivity index (χ1) is 11.4. The zero-order valence-electron chi connectivity index (χ0n) is 12.4. The van der Waals surface area contributed by atoms with Gasteiger partial charge < -0.3 is 15.5 Å². The Morgan fingerprint density at radius 2 is 1.46 bits per heavy atom. The van der Waals surface area contributed by atoms with E-state index in [0.717, 1.165) is 0 Å². The van der Waals surface area contributed by atoms with Crippen molar-refractivity contribution in [1.82, 2.24) is 5.32 Å². The van der Waals surface area contributed by atoms with E-state index in [9.17, 15) is 19.5 Å². The number of rotatable bonds is 6. The first-order valence-electron chi connectivity index (χ1n) is 6.98. The fraction of sp³-hybridized carbons (Fsp3) is 0.118. The quantitative estimate of drug-likeness (QED) is 0.744. The molecule has 0 heterocycles. The maximum Gasteiger partial charge on any atom is 0.335 e. The zero-order valence-corrected chi connectivity index (χ0v) is 13.2. The number of carbonyl (C=O) groups excluding carboxylic acids is 1. The summed E-state index contributed by atoms with van der Waals surface area (Å²) < 4.78 is 0. The fourth-order valence-electron chi connectivity index (χ4n) is 2.06. The van der Waals surface area contributed by atoms with Gasteiger partial charge in [0, 0.05) is 17.0 Å². The van der Waals surface area contributed by atoms with Gasteiger partial charge in [0.2, 0.25) is 0 Å². The third kappa shape index (κ3) is 4.57. The molecule has 0 radical (unpaired) electrons. The van der Waals surface area contributed by atoms with Crippen LogP contribution in [0.15, 0.2) is 48.5 Å². The molecule has 1 amide bonds. The second-order valence-electron chi connectivity index (χ2n) is 5.08. The molecule has 0 unspecified atom stereocenters. The minimum Gasteiger partial charge on any atom is -0.480 e. The van der Waals surface area contributed by atoms with Crippen molar-refractivity contribution in [3.05, 3.63) is 70.2 Å². The van der Waals surface area contributed by atoms with Crippen LogP contribution in [0.25, 0.3) is 0 Å². The van der Waals surface area contributed by atoms with Crippen molar-refractivity contribution in [2.75, 3.05) is 0 Å². The number of carbonyl (C=O) groups is 3. The molecule has 0 aliphatic carbocycles. The van der Waals surface area contributed by atoms with E-state index in [1.807, 2.05) is 0 Å². The highest BCUT2D eigenvalue weighted by Gasteiger charge is 2.21. The van der Waals surface area contributed by atoms with Crippen molar-refractivity contribution in [2.24, 2.45) is 0 Å². The summed E-state index contributed by atoms with van der Waals surface area (Å²) in [5.74, 6) is -2.77. The van der Waals surface area contributed by atoms with Crippen molar-refractivity contribution in [3.8, 4) is 0 Å². The molecule has 2 rings (SSSR count). The molecule has 6 nitrogen and oxygen atoms in total. The van der Waals surface area contributed by atoms with Gasteiger partial charge in [-0.05, 0) is 42.0 Å². The Kier molecular flexibility index (Phi) is 5.55. The zero-order chi connectivity index (χ0) is 17.7. The number of halogens is 1. The van der Waals surface area contributed by atoms with Crippen LogP contribution in [0.1, 0.15) is 26.3 Å². The Balaban J connectivity index is 2.09. The molecule has 0 saturated carbocycles. The Labute approximate surface area is 142 Å². The molecule has 7 heteroatoms. The smallest absolute Gasteiger partial charge is 0.335 e. The van der Waals surface area contributed by atoms with E-state index in [4.69, 9.17) is 16.7 Å². The third-order valence-corrected chi connectivity index (χ3v) is 3.60. The highest BCUT2D eigenvalue weighted by molar-refractivity contribution is 6.30. The second kappa shape index (κ2) is 7.61. The van der Waals surface area contributed by atoms with Gasteiger partial charge in [0.1, 0.15) is 6.04 Å². The summed E-state index contributed by atoms with van der Waals surface area (Å²) in [5, 5.41) is 21.0. The molecule has 0 aliphatic heterocycles. The Morgan fingerprint density at radius 3 is 1.96 bits per heavy atom. The van der Waals surface area contributed by atoms with Gasteiger partial charge in [-0.1, -0.05) is 23.7 Å². The van der Waals surface area contributed by atoms with Gasteiger partial charge in [0.15, 0.2) is 0 Å². The first kappa shape index (κ1) is 17.5. The van der Waals surface area contributed by atoms with Gasteiger partial charge in [-0.25, -0.2) is 9.59 Å². The number of nitrogens with one attached hydrogen (secondary N) is 1. The van der Waals surface area contributed by atoms with Crippen LogP contribution >= 0.6 is 11.6 Å². The van der Waals surface area contributed by atoms with E-state index in [2.05, 4.69) is 5.32 Å². The van der Waals surface area contributed by atoms with Crippen molar-refractivity contribution in [1.29, 1.82) is 0 Å². The van der Waals surface area contributed by atoms with Crippen LogP contribution in [0.2, 0.25) is 5.02 Å². The summed E-state index contributed by atoms with van der Waals surface area (Å²) in [7, 11) is 0. The van der Waals surface area contributed by atoms with Crippen LogP contribution in [0.5, 0.6) is 0 Å². The minimum atomic E-state index is -1.18. The van der Waals surface area contributed by atoms with Crippen LogP contribution in [-0.4, -0.2) is 34.1 Å². The van der Waals surface area contributed by atoms with Crippen LogP contribution in [0.4, 0.5) is 0 Å². The lowest BCUT2D eigenvalue weighted by Crippen LogP contribution is -2.42. The topological polar surface area (TPSA) is 104 Å². The van der Waals surface area contributed by atoms with Gasteiger partial charge in [0.05, 0.1) is 5.56 Å². The highest BCUT2D eigenvalue weighted by atomic mass is 35.5. The number of hydrogen-bond donors (Lipinski definition) is 3. The Bertz CT molecular complexity index is 756. The molecule has 0 aromatic heterocycles. The number of aliphatic carboxylic acids is 1. The molecule has 0 bridgehead atoms. The molecule has 0 fully saturated rings. The number of carboxylic acid groups (broad SMARTS) is 2. The van der Waals surface area contributed by atoms with E-state index in [-0.39, 0.29) is 12.0 Å². The predicted octanol–water partition coefficient (Wildman–Crippen LogP) is 2.46. The van der Waals surface area contributed by atoms with Crippen molar-refractivity contribution < 1.29 is 24.6 Å². The Hall–Kier alpha value is -2.86. The number of benzene rings is 2. The average molecular weight is 348 g/mol. The van der Waals surface area contributed by atoms with Gasteiger partial charge in [0.25, 0.3) is 5.91 Å². The summed E-state index contributed by atoms with van der Waals surface area (Å²) in [6, 6.07) is 10.8. The van der Waals surface area contributed by atoms with Gasteiger partial charge in [-0.15, -0.1) is 0 Å². The van der Waals surface area contributed by atoms with Gasteiger partial charge in [-0.2, -0.15) is 0 Å². The molecular formula is C17H14ClNO5. The molecule has 2 aromatic carbocycles. The number of carboxylic acids is 2. The molecule has 24 heavy (non-hydrogen) atoms. The van der Waals surface area contributed by atoms with E-state index >= 15 is 0 Å². The Morgan fingerprint density at radius 1 is 0.917 bits per heavy atom. The maximum absolute atomic E-state index is 12.1. The van der Waals surface area contributed by atoms with E-state index in [1.165, 1.54) is 48.5 Å². The van der Waals surface area contributed by atoms with E-state index < -0.39 is 23.9 Å². The van der Waals surface area contributed by atoms with Crippen molar-refractivity contribution in [2.45, 2.75) is 12.5 Å². The molecule has 2 aromatic rings. The van der Waals surface area contributed by atoms with Gasteiger partial charge >= 0.3 is 11.9 Å². The molecule has 0 spiro atoms. The summed E-state index contributed by atoms with van der Waals surface area (Å²) >= 11 is 5.75. The number of amides is 1. The van der Waals surface area contributed by atoms with Crippen LogP contribution < -0.4 is 5.32 Å². The first-order valence-corrected chi connectivity index (χ1v) is 7.36. The molecule has 124 valence electrons. The summed E-state index contributed by atoms with van der Waals surface area (Å²) in [6.45, 7) is 0. The van der Waals surface area contributed by atoms with Crippen LogP contribution in [0, 0.1) is 0 Å². The lowest BCUT2D eigenvalue weighted by atomic mass is 10.0. The standard InChI is InChI=1S/C17H14ClNO5/c18-13-7-5-11(6-8-13)15(20)19-14(17(23)24)9-10-1-3-12(4-2-10)16(21)22/h1-8,14H,9H2,(H,19,20)(H,21,22)(H,23,24)/t14-/m0/s1. The molecule has 0 saturated heterocycles. The van der Waals surface area contributed by atoms with Gasteiger partial charge in [-0.3, -0.25) is 4.79 Å². The molecular weight excluding hydrogens is 334 g/mol. The van der Waals surface area contributed by atoms with E-state index in [0.29, 0.717) is 16.1 Å². The lowest BCUT2D eigenvalue weighted by molar-refractivity contribution is -0.139.